The number of halogens is 1. The van der Waals surface area contributed by atoms with Gasteiger partial charge < -0.3 is 9.64 Å². The number of benzene rings is 1. The molecule has 0 atom stereocenters. The number of pyridine rings is 2. The number of hydrogen-bond donors (Lipinski definition) is 0. The lowest BCUT2D eigenvalue weighted by atomic mass is 10.1. The molecule has 0 unspecified atom stereocenters. The van der Waals surface area contributed by atoms with Crippen LogP contribution < -0.4 is 9.64 Å². The summed E-state index contributed by atoms with van der Waals surface area (Å²) in [5.41, 5.74) is 1.02. The molecular weight excluding hydrogens is 342 g/mol. The predicted molar refractivity (Wildman–Crippen MR) is 90.3 cm³/mol. The maximum atomic E-state index is 5.89. The summed E-state index contributed by atoms with van der Waals surface area (Å²) in [7, 11) is 0. The van der Waals surface area contributed by atoms with Gasteiger partial charge in [-0.05, 0) is 46.3 Å². The fourth-order valence-electron chi connectivity index (χ4n) is 2.55. The maximum absolute atomic E-state index is 5.89. The van der Waals surface area contributed by atoms with Crippen LogP contribution in [0.4, 0.5) is 5.82 Å². The van der Waals surface area contributed by atoms with Gasteiger partial charge in [0.1, 0.15) is 11.9 Å². The van der Waals surface area contributed by atoms with Crippen molar-refractivity contribution in [3.63, 3.8) is 0 Å². The lowest BCUT2D eigenvalue weighted by Gasteiger charge is -2.39. The quantitative estimate of drug-likeness (QED) is 0.718. The lowest BCUT2D eigenvalue weighted by Crippen LogP contribution is -2.54. The molecule has 1 fully saturated rings. The summed E-state index contributed by atoms with van der Waals surface area (Å²) in [6.07, 6.45) is 1.89. The fraction of sp³-hybridized carbons (Fsp3) is 0.176. The number of para-hydroxylation sites is 1. The standard InChI is InChI=1S/C17H14BrN3O/c18-14-5-3-9-19-17(14)22-13-10-21(11-13)16-8-7-12-4-1-2-6-15(12)20-16/h1-9,13H,10-11H2. The number of rotatable bonds is 3. The second-order valence-corrected chi connectivity index (χ2v) is 6.15. The monoisotopic (exact) mass is 355 g/mol. The van der Waals surface area contributed by atoms with E-state index >= 15 is 0 Å². The molecule has 3 heterocycles. The number of nitrogens with zero attached hydrogens (tertiary/aromatic N) is 3. The minimum Gasteiger partial charge on any atom is -0.470 e. The van der Waals surface area contributed by atoms with Gasteiger partial charge in [-0.1, -0.05) is 18.2 Å². The van der Waals surface area contributed by atoms with E-state index in [4.69, 9.17) is 9.72 Å². The maximum Gasteiger partial charge on any atom is 0.228 e. The highest BCUT2D eigenvalue weighted by Crippen LogP contribution is 2.27. The van der Waals surface area contributed by atoms with Gasteiger partial charge >= 0.3 is 0 Å². The van der Waals surface area contributed by atoms with Crippen molar-refractivity contribution in [1.29, 1.82) is 0 Å². The van der Waals surface area contributed by atoms with Crippen LogP contribution in [-0.2, 0) is 0 Å². The summed E-state index contributed by atoms with van der Waals surface area (Å²) in [6.45, 7) is 1.66. The van der Waals surface area contributed by atoms with Crippen LogP contribution in [-0.4, -0.2) is 29.2 Å². The smallest absolute Gasteiger partial charge is 0.228 e. The second kappa shape index (κ2) is 5.57. The van der Waals surface area contributed by atoms with E-state index in [1.54, 1.807) is 6.20 Å². The van der Waals surface area contributed by atoms with Gasteiger partial charge in [-0.2, -0.15) is 0 Å². The minimum atomic E-state index is 0.152. The third-order valence-electron chi connectivity index (χ3n) is 3.76. The van der Waals surface area contributed by atoms with E-state index in [1.165, 1.54) is 0 Å². The zero-order valence-corrected chi connectivity index (χ0v) is 13.4. The van der Waals surface area contributed by atoms with Crippen LogP contribution in [0.1, 0.15) is 0 Å². The molecule has 0 amide bonds. The molecule has 0 saturated carbocycles. The van der Waals surface area contributed by atoms with Crippen molar-refractivity contribution >= 4 is 32.7 Å². The van der Waals surface area contributed by atoms with Crippen LogP contribution in [0.2, 0.25) is 0 Å². The van der Waals surface area contributed by atoms with Crippen LogP contribution in [0.3, 0.4) is 0 Å². The van der Waals surface area contributed by atoms with Gasteiger partial charge in [0.05, 0.1) is 23.1 Å². The zero-order chi connectivity index (χ0) is 14.9. The Kier molecular flexibility index (Phi) is 3.42. The second-order valence-electron chi connectivity index (χ2n) is 5.30. The Morgan fingerprint density at radius 3 is 2.77 bits per heavy atom. The van der Waals surface area contributed by atoms with E-state index < -0.39 is 0 Å². The molecule has 2 aromatic heterocycles. The van der Waals surface area contributed by atoms with Crippen molar-refractivity contribution in [2.45, 2.75) is 6.10 Å². The highest BCUT2D eigenvalue weighted by Gasteiger charge is 2.30. The molecule has 1 aromatic carbocycles. The summed E-state index contributed by atoms with van der Waals surface area (Å²) in [6, 6.07) is 16.1. The molecule has 0 aliphatic carbocycles. The number of aromatic nitrogens is 2. The molecule has 4 nitrogen and oxygen atoms in total. The third kappa shape index (κ3) is 2.52. The molecule has 0 spiro atoms. The number of hydrogen-bond acceptors (Lipinski definition) is 4. The molecule has 0 bridgehead atoms. The van der Waals surface area contributed by atoms with Crippen molar-refractivity contribution in [3.8, 4) is 5.88 Å². The van der Waals surface area contributed by atoms with E-state index in [2.05, 4.69) is 44.0 Å². The third-order valence-corrected chi connectivity index (χ3v) is 4.36. The molecule has 110 valence electrons. The van der Waals surface area contributed by atoms with Crippen molar-refractivity contribution in [2.24, 2.45) is 0 Å². The Morgan fingerprint density at radius 2 is 1.91 bits per heavy atom. The molecule has 3 aromatic rings. The van der Waals surface area contributed by atoms with Gasteiger partial charge in [0.15, 0.2) is 0 Å². The van der Waals surface area contributed by atoms with Gasteiger partial charge in [0.2, 0.25) is 5.88 Å². The van der Waals surface area contributed by atoms with Crippen LogP contribution >= 0.6 is 15.9 Å². The van der Waals surface area contributed by atoms with E-state index in [-0.39, 0.29) is 6.10 Å². The summed E-state index contributed by atoms with van der Waals surface area (Å²) in [5, 5.41) is 1.16. The first kappa shape index (κ1) is 13.5. The fourth-order valence-corrected chi connectivity index (χ4v) is 2.90. The van der Waals surface area contributed by atoms with Gasteiger partial charge in [0.25, 0.3) is 0 Å². The van der Waals surface area contributed by atoms with Gasteiger partial charge in [-0.25, -0.2) is 9.97 Å². The first-order valence-corrected chi connectivity index (χ1v) is 7.97. The molecule has 4 rings (SSSR count). The Morgan fingerprint density at radius 1 is 1.05 bits per heavy atom. The van der Waals surface area contributed by atoms with E-state index in [1.807, 2.05) is 30.3 Å². The normalized spacial score (nSPS) is 14.9. The molecular formula is C17H14BrN3O. The molecule has 22 heavy (non-hydrogen) atoms. The van der Waals surface area contributed by atoms with Crippen molar-refractivity contribution in [2.75, 3.05) is 18.0 Å². The van der Waals surface area contributed by atoms with Crippen LogP contribution in [0.25, 0.3) is 10.9 Å². The van der Waals surface area contributed by atoms with Crippen LogP contribution in [0.5, 0.6) is 5.88 Å². The molecule has 5 heteroatoms. The average Bonchev–Trinajstić information content (AvgIpc) is 2.51. The highest BCUT2D eigenvalue weighted by molar-refractivity contribution is 9.10. The zero-order valence-electron chi connectivity index (χ0n) is 11.8. The average molecular weight is 356 g/mol. The van der Waals surface area contributed by atoms with Crippen molar-refractivity contribution < 1.29 is 4.74 Å². The van der Waals surface area contributed by atoms with Crippen molar-refractivity contribution in [1.82, 2.24) is 9.97 Å². The highest BCUT2D eigenvalue weighted by atomic mass is 79.9. The Balaban J connectivity index is 1.45. The Hall–Kier alpha value is -2.14. The summed E-state index contributed by atoms with van der Waals surface area (Å²) >= 11 is 3.45. The van der Waals surface area contributed by atoms with Crippen LogP contribution in [0.15, 0.2) is 59.2 Å². The van der Waals surface area contributed by atoms with Crippen molar-refractivity contribution in [3.05, 3.63) is 59.2 Å². The summed E-state index contributed by atoms with van der Waals surface area (Å²) in [4.78, 5) is 11.2. The topological polar surface area (TPSA) is 38.2 Å². The van der Waals surface area contributed by atoms with Gasteiger partial charge in [-0.3, -0.25) is 0 Å². The van der Waals surface area contributed by atoms with Crippen LogP contribution in [0, 0.1) is 0 Å². The molecule has 0 N–H and O–H groups in total. The SMILES string of the molecule is Brc1cccnc1OC1CN(c2ccc3ccccc3n2)C1. The first-order valence-electron chi connectivity index (χ1n) is 7.17. The predicted octanol–water partition coefficient (Wildman–Crippen LogP) is 3.66. The number of ether oxygens (including phenoxy) is 1. The molecule has 1 aliphatic rings. The Labute approximate surface area is 136 Å². The number of anilines is 1. The van der Waals surface area contributed by atoms with E-state index in [0.717, 1.165) is 34.3 Å². The minimum absolute atomic E-state index is 0.152. The van der Waals surface area contributed by atoms with Gasteiger partial charge in [-0.15, -0.1) is 0 Å². The lowest BCUT2D eigenvalue weighted by molar-refractivity contribution is 0.159. The van der Waals surface area contributed by atoms with E-state index in [9.17, 15) is 0 Å². The summed E-state index contributed by atoms with van der Waals surface area (Å²) in [5.74, 6) is 1.65. The first-order chi connectivity index (χ1) is 10.8. The van der Waals surface area contributed by atoms with Gasteiger partial charge in [0, 0.05) is 11.6 Å². The molecule has 0 radical (unpaired) electrons. The van der Waals surface area contributed by atoms with E-state index in [0.29, 0.717) is 5.88 Å². The summed E-state index contributed by atoms with van der Waals surface area (Å²) < 4.78 is 6.78. The molecule has 1 saturated heterocycles. The Bertz CT molecular complexity index is 818. The number of fused-ring (bicyclic) bond motifs is 1. The largest absolute Gasteiger partial charge is 0.470 e. The molecule has 1 aliphatic heterocycles.